The molecule has 2 rings (SSSR count). The fourth-order valence-corrected chi connectivity index (χ4v) is 2.05. The van der Waals surface area contributed by atoms with E-state index in [-0.39, 0.29) is 0 Å². The van der Waals surface area contributed by atoms with Gasteiger partial charge in [0.1, 0.15) is 0 Å². The number of nitrogens with one attached hydrogen (secondary N) is 1. The fourth-order valence-electron chi connectivity index (χ4n) is 2.05. The lowest BCUT2D eigenvalue weighted by atomic mass is 10.1. The predicted octanol–water partition coefficient (Wildman–Crippen LogP) is 4.46. The van der Waals surface area contributed by atoms with Crippen LogP contribution in [0.5, 0.6) is 0 Å². The minimum Gasteiger partial charge on any atom is -0.385 e. The van der Waals surface area contributed by atoms with E-state index in [9.17, 15) is 0 Å². The minimum absolute atomic E-state index is 0.848. The van der Waals surface area contributed by atoms with Gasteiger partial charge < -0.3 is 10.1 Å². The van der Waals surface area contributed by atoms with E-state index in [2.05, 4.69) is 54.7 Å². The van der Waals surface area contributed by atoms with Gasteiger partial charge in [-0.3, -0.25) is 0 Å². The van der Waals surface area contributed by atoms with Crippen molar-refractivity contribution in [2.24, 2.45) is 0 Å². The van der Waals surface area contributed by atoms with Crippen LogP contribution in [-0.4, -0.2) is 19.8 Å². The monoisotopic (exact) mass is 257 g/mol. The van der Waals surface area contributed by atoms with Gasteiger partial charge in [0, 0.05) is 25.4 Å². The normalized spacial score (nSPS) is 10.8. The van der Waals surface area contributed by atoms with Crippen LogP contribution in [0.3, 0.4) is 0 Å². The largest absolute Gasteiger partial charge is 0.385 e. The molecule has 1 N–H and O–H groups in total. The smallest absolute Gasteiger partial charge is 0.0482 e. The number of ether oxygens (including phenoxy) is 1. The first-order chi connectivity index (χ1) is 9.40. The lowest BCUT2D eigenvalue weighted by molar-refractivity contribution is 0.131. The number of unbranched alkanes of at least 4 members (excludes halogenated alkanes) is 1. The van der Waals surface area contributed by atoms with Gasteiger partial charge in [-0.1, -0.05) is 43.7 Å². The molecule has 0 saturated heterocycles. The zero-order valence-corrected chi connectivity index (χ0v) is 11.7. The zero-order chi connectivity index (χ0) is 13.3. The van der Waals surface area contributed by atoms with Gasteiger partial charge in [-0.15, -0.1) is 0 Å². The van der Waals surface area contributed by atoms with Crippen molar-refractivity contribution in [1.82, 2.24) is 0 Å². The molecule has 0 saturated carbocycles. The number of hydrogen-bond donors (Lipinski definition) is 1. The van der Waals surface area contributed by atoms with Crippen LogP contribution in [0, 0.1) is 0 Å². The lowest BCUT2D eigenvalue weighted by Crippen LogP contribution is -2.06. The van der Waals surface area contributed by atoms with Gasteiger partial charge in [0.25, 0.3) is 0 Å². The van der Waals surface area contributed by atoms with E-state index < -0.39 is 0 Å². The van der Waals surface area contributed by atoms with Crippen LogP contribution in [0.25, 0.3) is 10.8 Å². The molecule has 2 heteroatoms. The van der Waals surface area contributed by atoms with E-state index >= 15 is 0 Å². The van der Waals surface area contributed by atoms with E-state index in [1.807, 2.05) is 0 Å². The molecule has 0 radical (unpaired) electrons. The van der Waals surface area contributed by atoms with Gasteiger partial charge in [-0.25, -0.2) is 0 Å². The average molecular weight is 257 g/mol. The van der Waals surface area contributed by atoms with Gasteiger partial charge in [-0.2, -0.15) is 0 Å². The maximum atomic E-state index is 5.54. The Balaban J connectivity index is 1.72. The molecule has 0 aliphatic rings. The summed E-state index contributed by atoms with van der Waals surface area (Å²) in [5.74, 6) is 0. The topological polar surface area (TPSA) is 21.3 Å². The van der Waals surface area contributed by atoms with E-state index in [4.69, 9.17) is 4.74 Å². The maximum absolute atomic E-state index is 5.54. The Morgan fingerprint density at radius 1 is 0.947 bits per heavy atom. The van der Waals surface area contributed by atoms with Crippen molar-refractivity contribution in [3.05, 3.63) is 42.5 Å². The van der Waals surface area contributed by atoms with Gasteiger partial charge >= 0.3 is 0 Å². The van der Waals surface area contributed by atoms with Gasteiger partial charge in [0.2, 0.25) is 0 Å². The highest BCUT2D eigenvalue weighted by Gasteiger charge is 1.95. The van der Waals surface area contributed by atoms with E-state index in [0.29, 0.717) is 0 Å². The van der Waals surface area contributed by atoms with Crippen LogP contribution >= 0.6 is 0 Å². The molecule has 0 unspecified atom stereocenters. The third-order valence-electron chi connectivity index (χ3n) is 3.19. The Bertz CT molecular complexity index is 495. The summed E-state index contributed by atoms with van der Waals surface area (Å²) >= 11 is 0. The van der Waals surface area contributed by atoms with Crippen molar-refractivity contribution in [2.45, 2.75) is 26.2 Å². The highest BCUT2D eigenvalue weighted by Crippen LogP contribution is 2.18. The third kappa shape index (κ3) is 4.56. The van der Waals surface area contributed by atoms with Crippen molar-refractivity contribution in [3.8, 4) is 0 Å². The molecular formula is C17H23NO. The standard InChI is InChI=1S/C17H23NO/c1-2-3-12-19-13-6-11-18-17-10-9-15-7-4-5-8-16(15)14-17/h4-5,7-10,14,18H,2-3,6,11-13H2,1H3. The summed E-state index contributed by atoms with van der Waals surface area (Å²) in [6.07, 6.45) is 3.42. The van der Waals surface area contributed by atoms with E-state index in [0.717, 1.165) is 32.6 Å². The van der Waals surface area contributed by atoms with Crippen molar-refractivity contribution >= 4 is 16.5 Å². The molecule has 2 aromatic carbocycles. The number of rotatable bonds is 8. The summed E-state index contributed by atoms with van der Waals surface area (Å²) in [5, 5.41) is 6.02. The highest BCUT2D eigenvalue weighted by atomic mass is 16.5. The summed E-state index contributed by atoms with van der Waals surface area (Å²) in [6, 6.07) is 14.9. The molecule has 102 valence electrons. The minimum atomic E-state index is 0.848. The molecule has 0 aliphatic carbocycles. The number of fused-ring (bicyclic) bond motifs is 1. The highest BCUT2D eigenvalue weighted by molar-refractivity contribution is 5.85. The molecular weight excluding hydrogens is 234 g/mol. The van der Waals surface area contributed by atoms with Crippen LogP contribution in [0.1, 0.15) is 26.2 Å². The summed E-state index contributed by atoms with van der Waals surface area (Å²) in [5.41, 5.74) is 1.19. The average Bonchev–Trinajstić information content (AvgIpc) is 2.46. The summed E-state index contributed by atoms with van der Waals surface area (Å²) in [7, 11) is 0. The van der Waals surface area contributed by atoms with Crippen molar-refractivity contribution in [3.63, 3.8) is 0 Å². The number of benzene rings is 2. The Hall–Kier alpha value is -1.54. The van der Waals surface area contributed by atoms with Crippen molar-refractivity contribution in [2.75, 3.05) is 25.1 Å². The molecule has 0 fully saturated rings. The molecule has 0 spiro atoms. The predicted molar refractivity (Wildman–Crippen MR) is 82.8 cm³/mol. The van der Waals surface area contributed by atoms with Crippen molar-refractivity contribution < 1.29 is 4.74 Å². The Labute approximate surface area is 115 Å². The fraction of sp³-hybridized carbons (Fsp3) is 0.412. The van der Waals surface area contributed by atoms with Crippen LogP contribution in [-0.2, 0) is 4.74 Å². The van der Waals surface area contributed by atoms with Crippen LogP contribution in [0.15, 0.2) is 42.5 Å². The van der Waals surface area contributed by atoms with Gasteiger partial charge in [0.15, 0.2) is 0 Å². The quantitative estimate of drug-likeness (QED) is 0.705. The van der Waals surface area contributed by atoms with Crippen LogP contribution in [0.4, 0.5) is 5.69 Å². The zero-order valence-electron chi connectivity index (χ0n) is 11.7. The Morgan fingerprint density at radius 3 is 2.58 bits per heavy atom. The van der Waals surface area contributed by atoms with Crippen LogP contribution in [0.2, 0.25) is 0 Å². The van der Waals surface area contributed by atoms with Crippen LogP contribution < -0.4 is 5.32 Å². The first-order valence-corrected chi connectivity index (χ1v) is 7.20. The molecule has 19 heavy (non-hydrogen) atoms. The molecule has 0 atom stereocenters. The first-order valence-electron chi connectivity index (χ1n) is 7.20. The summed E-state index contributed by atoms with van der Waals surface area (Å²) in [4.78, 5) is 0. The third-order valence-corrected chi connectivity index (χ3v) is 3.19. The summed E-state index contributed by atoms with van der Waals surface area (Å²) in [6.45, 7) is 4.89. The molecule has 0 aliphatic heterocycles. The second kappa shape index (κ2) is 7.80. The lowest BCUT2D eigenvalue weighted by Gasteiger charge is -2.08. The Morgan fingerprint density at radius 2 is 1.74 bits per heavy atom. The molecule has 0 heterocycles. The number of hydrogen-bond acceptors (Lipinski definition) is 2. The van der Waals surface area contributed by atoms with Gasteiger partial charge in [-0.05, 0) is 35.7 Å². The second-order valence-corrected chi connectivity index (χ2v) is 4.81. The second-order valence-electron chi connectivity index (χ2n) is 4.81. The SMILES string of the molecule is CCCCOCCCNc1ccc2ccccc2c1. The Kier molecular flexibility index (Phi) is 5.70. The van der Waals surface area contributed by atoms with E-state index in [1.54, 1.807) is 0 Å². The molecule has 2 nitrogen and oxygen atoms in total. The maximum Gasteiger partial charge on any atom is 0.0482 e. The molecule has 2 aromatic rings. The summed E-state index contributed by atoms with van der Waals surface area (Å²) < 4.78 is 5.54. The first kappa shape index (κ1) is 13.9. The van der Waals surface area contributed by atoms with Crippen molar-refractivity contribution in [1.29, 1.82) is 0 Å². The number of anilines is 1. The molecule has 0 aromatic heterocycles. The van der Waals surface area contributed by atoms with E-state index in [1.165, 1.54) is 22.9 Å². The molecule has 0 amide bonds. The van der Waals surface area contributed by atoms with Gasteiger partial charge in [0.05, 0.1) is 0 Å². The molecule has 0 bridgehead atoms.